The highest BCUT2D eigenvalue weighted by atomic mass is 32.1. The van der Waals surface area contributed by atoms with E-state index in [1.165, 1.54) is 38.5 Å². The van der Waals surface area contributed by atoms with Gasteiger partial charge in [0, 0.05) is 23.5 Å². The highest BCUT2D eigenvalue weighted by Gasteiger charge is 2.17. The molecule has 1 unspecified atom stereocenters. The van der Waals surface area contributed by atoms with Crippen LogP contribution in [0.2, 0.25) is 0 Å². The van der Waals surface area contributed by atoms with Crippen LogP contribution in [-0.4, -0.2) is 17.1 Å². The zero-order valence-electron chi connectivity index (χ0n) is 17.5. The van der Waals surface area contributed by atoms with Crippen molar-refractivity contribution >= 4 is 38.1 Å². The first-order chi connectivity index (χ1) is 14.7. The van der Waals surface area contributed by atoms with Crippen molar-refractivity contribution in [2.24, 2.45) is 5.92 Å². The Kier molecular flexibility index (Phi) is 6.97. The van der Waals surface area contributed by atoms with Crippen molar-refractivity contribution < 1.29 is 4.79 Å². The number of hydrogen-bond donors (Lipinski definition) is 3. The standard InChI is InChI=1S/C24H30N4OS/c1-17(13-18-7-3-2-4-8-18)26-15-20-11-12-25-16-21(20)27-24(29)28-23-14-19-9-5-6-10-22(19)30-23/h5-6,9-12,14,16-18,26H,2-4,7-8,13,15H2,1H3,(H2,27,28,29). The molecule has 0 bridgehead atoms. The molecule has 0 spiro atoms. The van der Waals surface area contributed by atoms with Gasteiger partial charge in [-0.05, 0) is 48.4 Å². The predicted octanol–water partition coefficient (Wildman–Crippen LogP) is 6.39. The normalized spacial score (nSPS) is 15.8. The second-order valence-electron chi connectivity index (χ2n) is 8.28. The van der Waals surface area contributed by atoms with Crippen LogP contribution in [0.4, 0.5) is 15.5 Å². The first-order valence-electron chi connectivity index (χ1n) is 10.9. The van der Waals surface area contributed by atoms with Gasteiger partial charge in [0.05, 0.1) is 16.9 Å². The van der Waals surface area contributed by atoms with E-state index < -0.39 is 0 Å². The summed E-state index contributed by atoms with van der Waals surface area (Å²) >= 11 is 1.57. The molecule has 5 nitrogen and oxygen atoms in total. The van der Waals surface area contributed by atoms with E-state index in [9.17, 15) is 4.79 Å². The summed E-state index contributed by atoms with van der Waals surface area (Å²) in [4.78, 5) is 16.7. The molecule has 3 aromatic rings. The second kappa shape index (κ2) is 10.0. The molecule has 2 heterocycles. The third-order valence-electron chi connectivity index (χ3n) is 5.87. The van der Waals surface area contributed by atoms with Gasteiger partial charge in [0.2, 0.25) is 0 Å². The smallest absolute Gasteiger partial charge is 0.310 e. The van der Waals surface area contributed by atoms with Gasteiger partial charge in [0.25, 0.3) is 0 Å². The molecule has 4 rings (SSSR count). The molecule has 1 fully saturated rings. The lowest BCUT2D eigenvalue weighted by molar-refractivity contribution is 0.262. The third-order valence-corrected chi connectivity index (χ3v) is 6.91. The van der Waals surface area contributed by atoms with Crippen LogP contribution in [0, 0.1) is 5.92 Å². The van der Waals surface area contributed by atoms with Crippen molar-refractivity contribution in [3.05, 3.63) is 54.4 Å². The Morgan fingerprint density at radius 1 is 1.17 bits per heavy atom. The molecule has 0 saturated heterocycles. The van der Waals surface area contributed by atoms with Crippen LogP contribution < -0.4 is 16.0 Å². The van der Waals surface area contributed by atoms with Crippen molar-refractivity contribution in [1.82, 2.24) is 10.3 Å². The third kappa shape index (κ3) is 5.58. The zero-order chi connectivity index (χ0) is 20.8. The van der Waals surface area contributed by atoms with Crippen molar-refractivity contribution in [1.29, 1.82) is 0 Å². The maximum absolute atomic E-state index is 12.5. The number of pyridine rings is 1. The summed E-state index contributed by atoms with van der Waals surface area (Å²) in [5, 5.41) is 11.5. The number of hydrogen-bond acceptors (Lipinski definition) is 4. The number of nitrogens with one attached hydrogen (secondary N) is 3. The van der Waals surface area contributed by atoms with Crippen LogP contribution in [0.15, 0.2) is 48.8 Å². The lowest BCUT2D eigenvalue weighted by Crippen LogP contribution is -2.29. The molecule has 158 valence electrons. The lowest BCUT2D eigenvalue weighted by atomic mass is 9.85. The molecule has 1 aliphatic rings. The molecule has 0 radical (unpaired) electrons. The van der Waals surface area contributed by atoms with E-state index >= 15 is 0 Å². The molecule has 1 aromatic carbocycles. The minimum Gasteiger partial charge on any atom is -0.310 e. The number of fused-ring (bicyclic) bond motifs is 1. The van der Waals surface area contributed by atoms with Crippen molar-refractivity contribution in [2.45, 2.75) is 58.0 Å². The quantitative estimate of drug-likeness (QED) is 0.413. The molecule has 2 aromatic heterocycles. The minimum absolute atomic E-state index is 0.244. The van der Waals surface area contributed by atoms with Gasteiger partial charge in [0.15, 0.2) is 0 Å². The number of rotatable bonds is 7. The van der Waals surface area contributed by atoms with Crippen molar-refractivity contribution in [2.75, 3.05) is 10.6 Å². The van der Waals surface area contributed by atoms with Gasteiger partial charge in [-0.15, -0.1) is 11.3 Å². The summed E-state index contributed by atoms with van der Waals surface area (Å²) in [6, 6.07) is 12.3. The molecule has 30 heavy (non-hydrogen) atoms. The number of amides is 2. The first-order valence-corrected chi connectivity index (χ1v) is 11.7. The maximum atomic E-state index is 12.5. The summed E-state index contributed by atoms with van der Waals surface area (Å²) in [5.74, 6) is 0.850. The Bertz CT molecular complexity index is 947. The van der Waals surface area contributed by atoms with E-state index in [2.05, 4.69) is 33.9 Å². The van der Waals surface area contributed by atoms with Gasteiger partial charge in [-0.3, -0.25) is 10.3 Å². The Balaban J connectivity index is 1.32. The van der Waals surface area contributed by atoms with E-state index in [1.807, 2.05) is 30.3 Å². The Morgan fingerprint density at radius 3 is 2.83 bits per heavy atom. The number of urea groups is 1. The summed E-state index contributed by atoms with van der Waals surface area (Å²) < 4.78 is 1.16. The highest BCUT2D eigenvalue weighted by Crippen LogP contribution is 2.30. The van der Waals surface area contributed by atoms with E-state index in [0.717, 1.165) is 38.8 Å². The first kappa shape index (κ1) is 20.8. The van der Waals surface area contributed by atoms with Gasteiger partial charge in [0.1, 0.15) is 0 Å². The molecule has 3 N–H and O–H groups in total. The molecular weight excluding hydrogens is 392 g/mol. The zero-order valence-corrected chi connectivity index (χ0v) is 18.3. The summed E-state index contributed by atoms with van der Waals surface area (Å²) in [7, 11) is 0. The van der Waals surface area contributed by atoms with E-state index in [1.54, 1.807) is 23.7 Å². The van der Waals surface area contributed by atoms with Gasteiger partial charge >= 0.3 is 6.03 Å². The van der Waals surface area contributed by atoms with Crippen LogP contribution in [0.5, 0.6) is 0 Å². The molecule has 1 atom stereocenters. The van der Waals surface area contributed by atoms with Gasteiger partial charge in [-0.2, -0.15) is 0 Å². The molecule has 2 amide bonds. The average Bonchev–Trinajstić information content (AvgIpc) is 3.16. The van der Waals surface area contributed by atoms with Crippen LogP contribution in [0.1, 0.15) is 51.0 Å². The Morgan fingerprint density at radius 2 is 2.00 bits per heavy atom. The molecule has 1 saturated carbocycles. The predicted molar refractivity (Wildman–Crippen MR) is 126 cm³/mol. The van der Waals surface area contributed by atoms with E-state index in [0.29, 0.717) is 6.04 Å². The van der Waals surface area contributed by atoms with E-state index in [-0.39, 0.29) is 6.03 Å². The number of carbonyl (C=O) groups excluding carboxylic acids is 1. The summed E-state index contributed by atoms with van der Waals surface area (Å²) in [5.41, 5.74) is 1.79. The van der Waals surface area contributed by atoms with Crippen LogP contribution in [0.25, 0.3) is 10.1 Å². The van der Waals surface area contributed by atoms with E-state index in [4.69, 9.17) is 0 Å². The van der Waals surface area contributed by atoms with Crippen molar-refractivity contribution in [3.63, 3.8) is 0 Å². The summed E-state index contributed by atoms with van der Waals surface area (Å²) in [6.07, 6.45) is 11.6. The maximum Gasteiger partial charge on any atom is 0.324 e. The number of nitrogens with zero attached hydrogens (tertiary/aromatic N) is 1. The van der Waals surface area contributed by atoms with Crippen LogP contribution in [-0.2, 0) is 6.54 Å². The molecule has 1 aliphatic carbocycles. The number of aromatic nitrogens is 1. The fraction of sp³-hybridized carbons (Fsp3) is 0.417. The fourth-order valence-electron chi connectivity index (χ4n) is 4.29. The fourth-order valence-corrected chi connectivity index (χ4v) is 5.25. The molecular formula is C24H30N4OS. The largest absolute Gasteiger partial charge is 0.324 e. The van der Waals surface area contributed by atoms with Gasteiger partial charge < -0.3 is 10.6 Å². The van der Waals surface area contributed by atoms with Crippen molar-refractivity contribution in [3.8, 4) is 0 Å². The topological polar surface area (TPSA) is 66.0 Å². The van der Waals surface area contributed by atoms with Gasteiger partial charge in [-0.1, -0.05) is 50.3 Å². The molecule has 6 heteroatoms. The summed E-state index contributed by atoms with van der Waals surface area (Å²) in [6.45, 7) is 2.98. The number of benzene rings is 1. The van der Waals surface area contributed by atoms with Crippen LogP contribution in [0.3, 0.4) is 0 Å². The minimum atomic E-state index is -0.244. The Labute approximate surface area is 182 Å². The highest BCUT2D eigenvalue weighted by molar-refractivity contribution is 7.22. The monoisotopic (exact) mass is 422 g/mol. The Hall–Kier alpha value is -2.44. The second-order valence-corrected chi connectivity index (χ2v) is 9.37. The number of carbonyl (C=O) groups is 1. The SMILES string of the molecule is CC(CC1CCCCC1)NCc1ccncc1NC(=O)Nc1cc2ccccc2s1. The van der Waals surface area contributed by atoms with Crippen LogP contribution >= 0.6 is 11.3 Å². The average molecular weight is 423 g/mol. The lowest BCUT2D eigenvalue weighted by Gasteiger charge is -2.25. The van der Waals surface area contributed by atoms with Gasteiger partial charge in [-0.25, -0.2) is 4.79 Å². The number of anilines is 2. The molecule has 0 aliphatic heterocycles. The number of thiophene rings is 1.